The minimum absolute atomic E-state index is 0.127. The number of fused-ring (bicyclic) bond motifs is 4. The molecule has 0 radical (unpaired) electrons. The summed E-state index contributed by atoms with van der Waals surface area (Å²) in [7, 11) is 15.1. The SMILES string of the molecule is CCc1ccccc1-c1c(C)ccc2c1C=C(CC(C)C)[CH]2[Zr]([Cl])([Cl])[c]1cccc2c1[SiH2]c1ccccc1-2. The summed E-state index contributed by atoms with van der Waals surface area (Å²) in [6.07, 6.45) is 4.51. The molecule has 0 nitrogen and oxygen atoms in total. The van der Waals surface area contributed by atoms with Crippen molar-refractivity contribution in [3.05, 3.63) is 107 Å². The number of hydrogen-bond acceptors (Lipinski definition) is 0. The Kier molecular flexibility index (Phi) is 7.23. The van der Waals surface area contributed by atoms with Gasteiger partial charge in [0.05, 0.1) is 0 Å². The fourth-order valence-electron chi connectivity index (χ4n) is 6.75. The van der Waals surface area contributed by atoms with Crippen LogP contribution in [0.2, 0.25) is 0 Å². The van der Waals surface area contributed by atoms with Crippen molar-refractivity contribution in [3.63, 3.8) is 0 Å². The van der Waals surface area contributed by atoms with Crippen molar-refractivity contribution in [2.45, 2.75) is 44.2 Å². The molecule has 0 spiro atoms. The molecule has 192 valence electrons. The number of hydrogen-bond donors (Lipinski definition) is 0. The van der Waals surface area contributed by atoms with Gasteiger partial charge in [-0.2, -0.15) is 0 Å². The van der Waals surface area contributed by atoms with Gasteiger partial charge in [0.1, 0.15) is 0 Å². The van der Waals surface area contributed by atoms with Crippen LogP contribution < -0.4 is 13.6 Å². The molecule has 0 saturated heterocycles. The van der Waals surface area contributed by atoms with Crippen LogP contribution in [0.25, 0.3) is 28.3 Å². The van der Waals surface area contributed by atoms with Crippen molar-refractivity contribution in [3.8, 4) is 22.3 Å². The molecule has 0 N–H and O–H groups in total. The number of halogens is 2. The van der Waals surface area contributed by atoms with Crippen molar-refractivity contribution >= 4 is 46.3 Å². The van der Waals surface area contributed by atoms with E-state index in [1.807, 2.05) is 0 Å². The molecule has 1 aliphatic heterocycles. The Morgan fingerprint density at radius 3 is 2.32 bits per heavy atom. The summed E-state index contributed by atoms with van der Waals surface area (Å²) in [4.78, 5) is 0. The van der Waals surface area contributed by atoms with E-state index in [4.69, 9.17) is 17.0 Å². The molecule has 1 aliphatic carbocycles. The Balaban J connectivity index is 1.54. The molecule has 1 atom stereocenters. The average molecular weight is 633 g/mol. The summed E-state index contributed by atoms with van der Waals surface area (Å²) < 4.78 is 1.44. The maximum atomic E-state index is 7.85. The molecule has 4 heteroatoms. The fourth-order valence-corrected chi connectivity index (χ4v) is 23.5. The Bertz CT molecular complexity index is 1580. The van der Waals surface area contributed by atoms with Gasteiger partial charge in [0.25, 0.3) is 0 Å². The van der Waals surface area contributed by atoms with E-state index in [0.717, 1.165) is 12.8 Å². The summed E-state index contributed by atoms with van der Waals surface area (Å²) in [6, 6.07) is 29.2. The third-order valence-electron chi connectivity index (χ3n) is 8.38. The van der Waals surface area contributed by atoms with Crippen molar-refractivity contribution in [1.82, 2.24) is 0 Å². The number of aryl methyl sites for hydroxylation is 2. The molecule has 0 fully saturated rings. The van der Waals surface area contributed by atoms with Crippen LogP contribution in [-0.4, -0.2) is 9.52 Å². The van der Waals surface area contributed by atoms with Gasteiger partial charge in [-0.3, -0.25) is 0 Å². The topological polar surface area (TPSA) is 0 Å². The second-order valence-corrected chi connectivity index (χ2v) is 27.1. The molecule has 0 saturated carbocycles. The average Bonchev–Trinajstić information content (AvgIpc) is 3.46. The van der Waals surface area contributed by atoms with E-state index in [9.17, 15) is 0 Å². The number of allylic oxidation sites excluding steroid dienone is 1. The number of benzene rings is 4. The molecular weight excluding hydrogens is 599 g/mol. The summed E-state index contributed by atoms with van der Waals surface area (Å²) in [6.45, 7) is 9.11. The third kappa shape index (κ3) is 4.37. The van der Waals surface area contributed by atoms with Crippen molar-refractivity contribution in [2.24, 2.45) is 5.92 Å². The van der Waals surface area contributed by atoms with E-state index < -0.39 is 27.4 Å². The molecule has 0 amide bonds. The monoisotopic (exact) mass is 630 g/mol. The van der Waals surface area contributed by atoms with E-state index >= 15 is 0 Å². The zero-order valence-electron chi connectivity index (χ0n) is 22.6. The molecule has 4 aromatic carbocycles. The predicted molar refractivity (Wildman–Crippen MR) is 167 cm³/mol. The van der Waals surface area contributed by atoms with Crippen molar-refractivity contribution < 1.29 is 17.9 Å². The normalized spacial score (nSPS) is 16.5. The summed E-state index contributed by atoms with van der Waals surface area (Å²) in [5.74, 6) is 0.543. The first-order chi connectivity index (χ1) is 18.3. The molecule has 38 heavy (non-hydrogen) atoms. The number of rotatable bonds is 6. The Morgan fingerprint density at radius 1 is 0.842 bits per heavy atom. The molecule has 6 rings (SSSR count). The zero-order valence-corrected chi connectivity index (χ0v) is 28.0. The minimum atomic E-state index is -3.96. The third-order valence-corrected chi connectivity index (χ3v) is 22.7. The van der Waals surface area contributed by atoms with Gasteiger partial charge in [-0.05, 0) is 0 Å². The second kappa shape index (κ2) is 10.4. The van der Waals surface area contributed by atoms with Crippen molar-refractivity contribution in [2.75, 3.05) is 0 Å². The van der Waals surface area contributed by atoms with Gasteiger partial charge in [-0.25, -0.2) is 0 Å². The first kappa shape index (κ1) is 26.5. The van der Waals surface area contributed by atoms with Crippen LogP contribution in [0.4, 0.5) is 0 Å². The summed E-state index contributed by atoms with van der Waals surface area (Å²) in [5, 5.41) is 3.01. The van der Waals surface area contributed by atoms with Gasteiger partial charge in [0.15, 0.2) is 0 Å². The Labute approximate surface area is 241 Å². The standard InChI is InChI=1S/C22H25.C12H9Si.2ClH.Zr/c1-5-18-8-6-7-9-20(18)22-16(4)10-11-19-13-17(12-15(2)3)14-21(19)22;1-3-7-11-9(5-1)10-6-2-4-8-12(10)13-11;;;/h6-11,13-15H,5,12H2,1-4H3;1-7H,13H2;2*1H;/q;;;;+2/p-2. The molecular formula is C34H34Cl2SiZr. The summed E-state index contributed by atoms with van der Waals surface area (Å²) in [5.41, 5.74) is 12.3. The van der Waals surface area contributed by atoms with Gasteiger partial charge in [0.2, 0.25) is 0 Å². The first-order valence-corrected chi connectivity index (χ1v) is 24.2. The molecule has 0 aromatic heterocycles. The molecule has 4 aromatic rings. The van der Waals surface area contributed by atoms with E-state index in [-0.39, 0.29) is 3.63 Å². The van der Waals surface area contributed by atoms with Gasteiger partial charge >= 0.3 is 243 Å². The maximum absolute atomic E-state index is 7.85. The van der Waals surface area contributed by atoms with Crippen LogP contribution in [0.3, 0.4) is 0 Å². The van der Waals surface area contributed by atoms with Gasteiger partial charge in [-0.15, -0.1) is 0 Å². The fraction of sp³-hybridized carbons (Fsp3) is 0.235. The summed E-state index contributed by atoms with van der Waals surface area (Å²) >= 11 is -3.96. The Morgan fingerprint density at radius 2 is 1.55 bits per heavy atom. The first-order valence-electron chi connectivity index (χ1n) is 13.8. The molecule has 1 unspecified atom stereocenters. The Hall–Kier alpha value is -1.70. The van der Waals surface area contributed by atoms with Crippen LogP contribution >= 0.6 is 17.0 Å². The van der Waals surface area contributed by atoms with E-state index in [1.165, 1.54) is 63.7 Å². The zero-order chi connectivity index (χ0) is 26.6. The second-order valence-electron chi connectivity index (χ2n) is 11.3. The van der Waals surface area contributed by atoms with Crippen LogP contribution in [0, 0.1) is 12.8 Å². The van der Waals surface area contributed by atoms with Crippen molar-refractivity contribution in [1.29, 1.82) is 0 Å². The van der Waals surface area contributed by atoms with E-state index in [2.05, 4.69) is 113 Å². The van der Waals surface area contributed by atoms with E-state index in [1.54, 1.807) is 0 Å². The van der Waals surface area contributed by atoms with Gasteiger partial charge in [-0.1, -0.05) is 0 Å². The van der Waals surface area contributed by atoms with E-state index in [0.29, 0.717) is 5.92 Å². The molecule has 0 bridgehead atoms. The van der Waals surface area contributed by atoms with Gasteiger partial charge in [0, 0.05) is 0 Å². The van der Waals surface area contributed by atoms with Crippen LogP contribution in [-0.2, 0) is 24.3 Å². The molecule has 2 aliphatic rings. The van der Waals surface area contributed by atoms with Crippen LogP contribution in [0.5, 0.6) is 0 Å². The predicted octanol–water partition coefficient (Wildman–Crippen LogP) is 7.60. The quantitative estimate of drug-likeness (QED) is 0.169. The van der Waals surface area contributed by atoms with Gasteiger partial charge < -0.3 is 0 Å². The van der Waals surface area contributed by atoms with Crippen LogP contribution in [0.1, 0.15) is 53.1 Å². The van der Waals surface area contributed by atoms with Crippen LogP contribution in [0.15, 0.2) is 84.4 Å². The molecule has 1 heterocycles.